The summed E-state index contributed by atoms with van der Waals surface area (Å²) in [6.07, 6.45) is 0. The zero-order valence-electron chi connectivity index (χ0n) is 9.58. The summed E-state index contributed by atoms with van der Waals surface area (Å²) >= 11 is 0. The van der Waals surface area contributed by atoms with E-state index in [0.29, 0.717) is 0 Å². The maximum atomic E-state index is 11.7. The Kier molecular flexibility index (Phi) is 4.16. The molecular weight excluding hydrogens is 188 g/mol. The lowest BCUT2D eigenvalue weighted by molar-refractivity contribution is 0.0805. The Morgan fingerprint density at radius 1 is 1.27 bits per heavy atom. The number of para-hydroxylation sites is 1. The first-order chi connectivity index (χ1) is 7.29. The second-order valence-electron chi connectivity index (χ2n) is 3.20. The number of hydrogen-bond acceptors (Lipinski definition) is 2. The van der Waals surface area contributed by atoms with Crippen LogP contribution in [-0.4, -0.2) is 30.9 Å². The summed E-state index contributed by atoms with van der Waals surface area (Å²) in [5.41, 5.74) is 1.71. The van der Waals surface area contributed by atoms with Gasteiger partial charge in [0.15, 0.2) is 0 Å². The molecule has 0 fully saturated rings. The largest absolute Gasteiger partial charge is 0.383 e. The average molecular weight is 206 g/mol. The minimum atomic E-state index is 0.0978. The van der Waals surface area contributed by atoms with Crippen molar-refractivity contribution in [2.75, 3.05) is 25.5 Å². The smallest absolute Gasteiger partial charge is 0.255 e. The normalized spacial score (nSPS) is 14.3. The van der Waals surface area contributed by atoms with E-state index in [1.807, 2.05) is 45.2 Å². The fourth-order valence-corrected chi connectivity index (χ4v) is 1.49. The van der Waals surface area contributed by atoms with Crippen molar-refractivity contribution in [3.63, 3.8) is 0 Å². The van der Waals surface area contributed by atoms with Crippen molar-refractivity contribution in [1.29, 1.82) is 0 Å². The maximum Gasteiger partial charge on any atom is 0.255 e. The molecule has 1 N–H and O–H groups in total. The van der Waals surface area contributed by atoms with Crippen molar-refractivity contribution in [2.24, 2.45) is 0 Å². The highest BCUT2D eigenvalue weighted by Gasteiger charge is 2.17. The number of amides is 1. The van der Waals surface area contributed by atoms with E-state index < -0.39 is 0 Å². The first-order valence-corrected chi connectivity index (χ1v) is 5.37. The second kappa shape index (κ2) is 5.39. The molecule has 1 aliphatic rings. The second-order valence-corrected chi connectivity index (χ2v) is 3.20. The van der Waals surface area contributed by atoms with Gasteiger partial charge >= 0.3 is 0 Å². The third-order valence-electron chi connectivity index (χ3n) is 2.27. The van der Waals surface area contributed by atoms with Crippen LogP contribution < -0.4 is 5.32 Å². The van der Waals surface area contributed by atoms with Crippen LogP contribution in [0.3, 0.4) is 0 Å². The Morgan fingerprint density at radius 3 is 2.67 bits per heavy atom. The van der Waals surface area contributed by atoms with Crippen LogP contribution in [-0.2, 0) is 0 Å². The summed E-state index contributed by atoms with van der Waals surface area (Å²) in [6.45, 7) is 5.58. The van der Waals surface area contributed by atoms with Crippen LogP contribution >= 0.6 is 0 Å². The molecular formula is C12H18N2O. The molecule has 0 saturated heterocycles. The molecule has 1 aliphatic heterocycles. The molecule has 0 unspecified atom stereocenters. The predicted octanol–water partition coefficient (Wildman–Crippen LogP) is 2.21. The van der Waals surface area contributed by atoms with E-state index in [1.54, 1.807) is 4.90 Å². The van der Waals surface area contributed by atoms with E-state index >= 15 is 0 Å². The van der Waals surface area contributed by atoms with Gasteiger partial charge < -0.3 is 10.2 Å². The summed E-state index contributed by atoms with van der Waals surface area (Å²) in [5, 5.41) is 3.22. The number of nitrogens with zero attached hydrogens (tertiary/aromatic N) is 1. The number of carbonyl (C=O) groups is 1. The average Bonchev–Trinajstić information content (AvgIpc) is 2.44. The Bertz CT molecular complexity index is 336. The summed E-state index contributed by atoms with van der Waals surface area (Å²) in [4.78, 5) is 13.5. The molecule has 0 aliphatic carbocycles. The molecule has 1 aromatic carbocycles. The third-order valence-corrected chi connectivity index (χ3v) is 2.27. The minimum Gasteiger partial charge on any atom is -0.383 e. The number of benzene rings is 1. The van der Waals surface area contributed by atoms with E-state index in [0.717, 1.165) is 24.3 Å². The Balaban J connectivity index is 0.000000531. The predicted molar refractivity (Wildman–Crippen MR) is 63.2 cm³/mol. The van der Waals surface area contributed by atoms with E-state index in [2.05, 4.69) is 5.32 Å². The molecule has 3 heteroatoms. The number of rotatable bonds is 0. The fourth-order valence-electron chi connectivity index (χ4n) is 1.49. The van der Waals surface area contributed by atoms with Gasteiger partial charge in [-0.1, -0.05) is 26.0 Å². The zero-order chi connectivity index (χ0) is 11.3. The quantitative estimate of drug-likeness (QED) is 0.706. The van der Waals surface area contributed by atoms with Gasteiger partial charge in [0.2, 0.25) is 0 Å². The van der Waals surface area contributed by atoms with Crippen molar-refractivity contribution in [3.05, 3.63) is 29.8 Å². The lowest BCUT2D eigenvalue weighted by Gasteiger charge is -2.12. The molecule has 0 bridgehead atoms. The van der Waals surface area contributed by atoms with Crippen LogP contribution in [0.4, 0.5) is 5.69 Å². The highest BCUT2D eigenvalue weighted by Crippen LogP contribution is 2.18. The Hall–Kier alpha value is -1.51. The Morgan fingerprint density at radius 2 is 1.93 bits per heavy atom. The first-order valence-electron chi connectivity index (χ1n) is 5.37. The summed E-state index contributed by atoms with van der Waals surface area (Å²) in [7, 11) is 1.83. The maximum absolute atomic E-state index is 11.7. The highest BCUT2D eigenvalue weighted by molar-refractivity contribution is 6.00. The van der Waals surface area contributed by atoms with Crippen LogP contribution in [0.2, 0.25) is 0 Å². The van der Waals surface area contributed by atoms with Crippen molar-refractivity contribution in [1.82, 2.24) is 4.90 Å². The van der Waals surface area contributed by atoms with Crippen LogP contribution in [0.25, 0.3) is 0 Å². The van der Waals surface area contributed by atoms with E-state index in [1.165, 1.54) is 0 Å². The van der Waals surface area contributed by atoms with Gasteiger partial charge in [-0.15, -0.1) is 0 Å². The van der Waals surface area contributed by atoms with Gasteiger partial charge in [0.05, 0.1) is 5.56 Å². The number of nitrogens with one attached hydrogen (secondary N) is 1. The molecule has 0 atom stereocenters. The molecule has 0 saturated carbocycles. The molecule has 82 valence electrons. The Labute approximate surface area is 91.1 Å². The van der Waals surface area contributed by atoms with Crippen LogP contribution in [0, 0.1) is 0 Å². The van der Waals surface area contributed by atoms with Gasteiger partial charge in [-0.25, -0.2) is 0 Å². The van der Waals surface area contributed by atoms with E-state index in [4.69, 9.17) is 0 Å². The molecule has 3 nitrogen and oxygen atoms in total. The molecule has 15 heavy (non-hydrogen) atoms. The monoisotopic (exact) mass is 206 g/mol. The SMILES string of the molecule is CC.CN1CCNc2ccccc2C1=O. The number of hydrogen-bond donors (Lipinski definition) is 1. The molecule has 0 spiro atoms. The molecule has 1 heterocycles. The number of carbonyl (C=O) groups excluding carboxylic acids is 1. The van der Waals surface area contributed by atoms with Gasteiger partial charge in [0.25, 0.3) is 5.91 Å². The van der Waals surface area contributed by atoms with Crippen LogP contribution in [0.5, 0.6) is 0 Å². The van der Waals surface area contributed by atoms with Gasteiger partial charge in [-0.05, 0) is 12.1 Å². The topological polar surface area (TPSA) is 32.3 Å². The third kappa shape index (κ3) is 2.49. The van der Waals surface area contributed by atoms with Gasteiger partial charge in [0, 0.05) is 25.8 Å². The van der Waals surface area contributed by atoms with E-state index in [-0.39, 0.29) is 5.91 Å². The van der Waals surface area contributed by atoms with Gasteiger partial charge in [0.1, 0.15) is 0 Å². The highest BCUT2D eigenvalue weighted by atomic mass is 16.2. The summed E-state index contributed by atoms with van der Waals surface area (Å²) in [5.74, 6) is 0.0978. The van der Waals surface area contributed by atoms with Crippen LogP contribution in [0.15, 0.2) is 24.3 Å². The van der Waals surface area contributed by atoms with Crippen molar-refractivity contribution in [2.45, 2.75) is 13.8 Å². The lowest BCUT2D eigenvalue weighted by atomic mass is 10.1. The lowest BCUT2D eigenvalue weighted by Crippen LogP contribution is -2.27. The number of likely N-dealkylation sites (N-methyl/N-ethyl adjacent to an activating group) is 1. The van der Waals surface area contributed by atoms with Gasteiger partial charge in [-0.3, -0.25) is 4.79 Å². The van der Waals surface area contributed by atoms with Gasteiger partial charge in [-0.2, -0.15) is 0 Å². The van der Waals surface area contributed by atoms with E-state index in [9.17, 15) is 4.79 Å². The summed E-state index contributed by atoms with van der Waals surface area (Å²) in [6, 6.07) is 7.61. The molecule has 1 aromatic rings. The first kappa shape index (κ1) is 11.6. The zero-order valence-corrected chi connectivity index (χ0v) is 9.58. The molecule has 0 radical (unpaired) electrons. The van der Waals surface area contributed by atoms with Crippen molar-refractivity contribution < 1.29 is 4.79 Å². The molecule has 0 aromatic heterocycles. The summed E-state index contributed by atoms with van der Waals surface area (Å²) < 4.78 is 0. The van der Waals surface area contributed by atoms with Crippen molar-refractivity contribution in [3.8, 4) is 0 Å². The van der Waals surface area contributed by atoms with Crippen LogP contribution in [0.1, 0.15) is 24.2 Å². The fraction of sp³-hybridized carbons (Fsp3) is 0.417. The number of anilines is 1. The standard InChI is InChI=1S/C10H12N2O.C2H6/c1-12-7-6-11-9-5-3-2-4-8(9)10(12)13;1-2/h2-5,11H,6-7H2,1H3;1-2H3. The van der Waals surface area contributed by atoms with Crippen molar-refractivity contribution >= 4 is 11.6 Å². The molecule has 2 rings (SSSR count). The number of fused-ring (bicyclic) bond motifs is 1. The minimum absolute atomic E-state index is 0.0978. The molecule has 1 amide bonds.